The first kappa shape index (κ1) is 26.9. The highest BCUT2D eigenvalue weighted by atomic mass is 16.6. The normalized spacial score (nSPS) is 27.2. The van der Waals surface area contributed by atoms with E-state index in [1.54, 1.807) is 16.7 Å². The third-order valence-corrected chi connectivity index (χ3v) is 7.51. The van der Waals surface area contributed by atoms with Gasteiger partial charge in [-0.3, -0.25) is 14.4 Å². The molecule has 3 aliphatic rings. The summed E-state index contributed by atoms with van der Waals surface area (Å²) < 4.78 is 16.4. The van der Waals surface area contributed by atoms with E-state index < -0.39 is 29.6 Å². The summed E-state index contributed by atoms with van der Waals surface area (Å²) in [5, 5.41) is 0. The highest BCUT2D eigenvalue weighted by Gasteiger charge is 2.55. The molecule has 1 saturated carbocycles. The molecule has 37 heavy (non-hydrogen) atoms. The second kappa shape index (κ2) is 11.1. The fraction of sp³-hybridized carbons (Fsp3) is 0.643. The summed E-state index contributed by atoms with van der Waals surface area (Å²) >= 11 is 0. The average molecular weight is 515 g/mol. The molecule has 9 nitrogen and oxygen atoms in total. The number of fused-ring (bicyclic) bond motifs is 2. The first-order valence-electron chi connectivity index (χ1n) is 13.3. The first-order chi connectivity index (χ1) is 17.6. The second-order valence-corrected chi connectivity index (χ2v) is 11.1. The van der Waals surface area contributed by atoms with Crippen LogP contribution in [0.3, 0.4) is 0 Å². The van der Waals surface area contributed by atoms with E-state index in [0.717, 1.165) is 5.56 Å². The predicted molar refractivity (Wildman–Crippen MR) is 134 cm³/mol. The zero-order valence-electron chi connectivity index (χ0n) is 22.2. The molecule has 0 spiro atoms. The minimum atomic E-state index is -0.826. The van der Waals surface area contributed by atoms with Crippen LogP contribution in [0.1, 0.15) is 65.4 Å². The van der Waals surface area contributed by atoms with E-state index in [1.165, 1.54) is 0 Å². The molecule has 4 unspecified atom stereocenters. The predicted octanol–water partition coefficient (Wildman–Crippen LogP) is 3.69. The van der Waals surface area contributed by atoms with Gasteiger partial charge in [0, 0.05) is 24.5 Å². The minimum Gasteiger partial charge on any atom is -0.466 e. The van der Waals surface area contributed by atoms with Crippen molar-refractivity contribution in [2.24, 2.45) is 11.8 Å². The molecule has 2 saturated heterocycles. The van der Waals surface area contributed by atoms with Crippen molar-refractivity contribution >= 4 is 23.9 Å². The van der Waals surface area contributed by atoms with Crippen molar-refractivity contribution in [1.29, 1.82) is 0 Å². The van der Waals surface area contributed by atoms with Crippen LogP contribution < -0.4 is 0 Å². The fourth-order valence-corrected chi connectivity index (χ4v) is 6.02. The van der Waals surface area contributed by atoms with Crippen LogP contribution in [0.15, 0.2) is 30.3 Å². The molecule has 5 atom stereocenters. The number of ether oxygens (including phenoxy) is 3. The number of nitrogens with zero attached hydrogens (tertiary/aromatic N) is 2. The van der Waals surface area contributed by atoms with Gasteiger partial charge in [-0.1, -0.05) is 30.3 Å². The summed E-state index contributed by atoms with van der Waals surface area (Å²) in [7, 11) is 0. The van der Waals surface area contributed by atoms with Crippen molar-refractivity contribution in [3.63, 3.8) is 0 Å². The molecule has 1 aliphatic carbocycles. The van der Waals surface area contributed by atoms with Crippen LogP contribution in [0.4, 0.5) is 4.79 Å². The molecular weight excluding hydrogens is 476 g/mol. The van der Waals surface area contributed by atoms with Crippen molar-refractivity contribution in [1.82, 2.24) is 9.80 Å². The number of rotatable bonds is 7. The third-order valence-electron chi connectivity index (χ3n) is 7.51. The van der Waals surface area contributed by atoms with Gasteiger partial charge in [-0.05, 0) is 58.9 Å². The molecule has 2 amide bonds. The molecule has 3 fully saturated rings. The van der Waals surface area contributed by atoms with E-state index in [2.05, 4.69) is 0 Å². The number of esters is 2. The first-order valence-corrected chi connectivity index (χ1v) is 13.3. The molecule has 2 aliphatic heterocycles. The minimum absolute atomic E-state index is 0.0509. The molecule has 0 radical (unpaired) electrons. The summed E-state index contributed by atoms with van der Waals surface area (Å²) in [4.78, 5) is 55.4. The van der Waals surface area contributed by atoms with Gasteiger partial charge < -0.3 is 24.0 Å². The molecule has 1 aromatic carbocycles. The maximum atomic E-state index is 13.4. The van der Waals surface area contributed by atoms with E-state index in [-0.39, 0.29) is 49.5 Å². The van der Waals surface area contributed by atoms with Crippen molar-refractivity contribution in [3.05, 3.63) is 35.9 Å². The van der Waals surface area contributed by atoms with Crippen LogP contribution in [-0.4, -0.2) is 70.6 Å². The number of amides is 2. The van der Waals surface area contributed by atoms with E-state index in [4.69, 9.17) is 14.2 Å². The SMILES string of the molecule is CCOC(=O)CC1C2CC(CCC2N2CC[C@H](C(=O)OCc3ccccc3)C2=O)N1C(=O)OC(C)(C)C. The van der Waals surface area contributed by atoms with E-state index in [1.807, 2.05) is 51.1 Å². The van der Waals surface area contributed by atoms with E-state index in [0.29, 0.717) is 32.2 Å². The maximum absolute atomic E-state index is 13.4. The highest BCUT2D eigenvalue weighted by Crippen LogP contribution is 2.45. The van der Waals surface area contributed by atoms with Crippen molar-refractivity contribution in [2.75, 3.05) is 13.2 Å². The monoisotopic (exact) mass is 514 g/mol. The highest BCUT2D eigenvalue weighted by molar-refractivity contribution is 5.99. The van der Waals surface area contributed by atoms with Gasteiger partial charge in [0.1, 0.15) is 18.1 Å². The van der Waals surface area contributed by atoms with Gasteiger partial charge in [0.05, 0.1) is 19.1 Å². The van der Waals surface area contributed by atoms with Crippen LogP contribution in [0.2, 0.25) is 0 Å². The lowest BCUT2D eigenvalue weighted by atomic mass is 9.81. The molecule has 9 heteroatoms. The van der Waals surface area contributed by atoms with Gasteiger partial charge in [0.25, 0.3) is 0 Å². The second-order valence-electron chi connectivity index (χ2n) is 11.1. The Bertz CT molecular complexity index is 1010. The molecule has 202 valence electrons. The summed E-state index contributed by atoms with van der Waals surface area (Å²) in [6.45, 7) is 8.03. The summed E-state index contributed by atoms with van der Waals surface area (Å²) in [5.74, 6) is -2.03. The Balaban J connectivity index is 1.47. The standard InChI is InChI=1S/C28H38N2O7/c1-5-35-24(31)16-23-21-15-19(30(23)27(34)37-28(2,3)4)11-12-22(21)29-14-13-20(25(29)32)26(33)36-17-18-9-7-6-8-10-18/h6-10,19-23H,5,11-17H2,1-4H3/t19?,20-,21?,22?,23?/m0/s1. The smallest absolute Gasteiger partial charge is 0.410 e. The Morgan fingerprint density at radius 3 is 2.43 bits per heavy atom. The number of hydrogen-bond acceptors (Lipinski definition) is 7. The Morgan fingerprint density at radius 2 is 1.76 bits per heavy atom. The van der Waals surface area contributed by atoms with Gasteiger partial charge in [-0.15, -0.1) is 0 Å². The zero-order chi connectivity index (χ0) is 26.7. The molecule has 0 aromatic heterocycles. The summed E-state index contributed by atoms with van der Waals surface area (Å²) in [6, 6.07) is 8.73. The molecule has 0 N–H and O–H groups in total. The van der Waals surface area contributed by atoms with Crippen LogP contribution in [0, 0.1) is 11.8 Å². The Morgan fingerprint density at radius 1 is 1.03 bits per heavy atom. The largest absolute Gasteiger partial charge is 0.466 e. The Hall–Kier alpha value is -3.10. The fourth-order valence-electron chi connectivity index (χ4n) is 6.02. The average Bonchev–Trinajstić information content (AvgIpc) is 3.35. The van der Waals surface area contributed by atoms with E-state index >= 15 is 0 Å². The number of likely N-dealkylation sites (tertiary alicyclic amines) is 2. The zero-order valence-corrected chi connectivity index (χ0v) is 22.2. The van der Waals surface area contributed by atoms with Gasteiger partial charge in [0.2, 0.25) is 5.91 Å². The van der Waals surface area contributed by atoms with Crippen LogP contribution in [0.5, 0.6) is 0 Å². The van der Waals surface area contributed by atoms with Crippen LogP contribution in [-0.2, 0) is 35.2 Å². The van der Waals surface area contributed by atoms with Gasteiger partial charge in [0.15, 0.2) is 0 Å². The maximum Gasteiger partial charge on any atom is 0.410 e. The molecular formula is C28H38N2O7. The van der Waals surface area contributed by atoms with Crippen LogP contribution >= 0.6 is 0 Å². The van der Waals surface area contributed by atoms with Crippen molar-refractivity contribution < 1.29 is 33.4 Å². The summed E-state index contributed by atoms with van der Waals surface area (Å²) in [5.41, 5.74) is 0.200. The van der Waals surface area contributed by atoms with Gasteiger partial charge in [-0.2, -0.15) is 0 Å². The van der Waals surface area contributed by atoms with Crippen molar-refractivity contribution in [3.8, 4) is 0 Å². The lowest BCUT2D eigenvalue weighted by Crippen LogP contribution is -2.48. The number of carbonyl (C=O) groups is 4. The molecule has 1 aromatic rings. The third kappa shape index (κ3) is 6.08. The molecule has 4 rings (SSSR count). The summed E-state index contributed by atoms with van der Waals surface area (Å²) in [6.07, 6.45) is 2.09. The number of benzene rings is 1. The van der Waals surface area contributed by atoms with Gasteiger partial charge >= 0.3 is 18.0 Å². The Kier molecular flexibility index (Phi) is 8.09. The molecule has 2 heterocycles. The van der Waals surface area contributed by atoms with Crippen molar-refractivity contribution in [2.45, 2.75) is 90.1 Å². The van der Waals surface area contributed by atoms with E-state index in [9.17, 15) is 19.2 Å². The topological polar surface area (TPSA) is 102 Å². The lowest BCUT2D eigenvalue weighted by Gasteiger charge is -2.37. The Labute approximate surface area is 218 Å². The number of hydrogen-bond donors (Lipinski definition) is 0. The van der Waals surface area contributed by atoms with Crippen LogP contribution in [0.25, 0.3) is 0 Å². The molecule has 2 bridgehead atoms. The lowest BCUT2D eigenvalue weighted by molar-refractivity contribution is -0.154. The quantitative estimate of drug-likeness (QED) is 0.311. The van der Waals surface area contributed by atoms with Gasteiger partial charge in [-0.25, -0.2) is 4.79 Å². The number of carbonyl (C=O) groups excluding carboxylic acids is 4.